The molecule has 1 amide bonds. The van der Waals surface area contributed by atoms with Gasteiger partial charge >= 0.3 is 5.97 Å². The van der Waals surface area contributed by atoms with Crippen molar-refractivity contribution in [2.75, 3.05) is 6.54 Å². The van der Waals surface area contributed by atoms with Gasteiger partial charge < -0.3 is 14.7 Å². The summed E-state index contributed by atoms with van der Waals surface area (Å²) in [4.78, 5) is 25.2. The third-order valence-corrected chi connectivity index (χ3v) is 4.01. The lowest BCUT2D eigenvalue weighted by atomic mass is 9.97. The summed E-state index contributed by atoms with van der Waals surface area (Å²) in [6.07, 6.45) is 2.93. The van der Waals surface area contributed by atoms with E-state index in [-0.39, 0.29) is 18.4 Å². The molecule has 5 nitrogen and oxygen atoms in total. The van der Waals surface area contributed by atoms with E-state index in [2.05, 4.69) is 0 Å². The Kier molecular flexibility index (Phi) is 5.81. The zero-order valence-corrected chi connectivity index (χ0v) is 12.9. The smallest absolute Gasteiger partial charge is 0.303 e. The molecule has 2 unspecified atom stereocenters. The van der Waals surface area contributed by atoms with Crippen LogP contribution in [0.1, 0.15) is 39.0 Å². The minimum atomic E-state index is -0.813. The van der Waals surface area contributed by atoms with Crippen LogP contribution in [0.5, 0.6) is 5.75 Å². The van der Waals surface area contributed by atoms with Gasteiger partial charge in [0, 0.05) is 19.0 Å². The average molecular weight is 305 g/mol. The normalized spacial score (nSPS) is 19.5. The monoisotopic (exact) mass is 305 g/mol. The van der Waals surface area contributed by atoms with Gasteiger partial charge in [-0.15, -0.1) is 0 Å². The van der Waals surface area contributed by atoms with E-state index in [1.54, 1.807) is 11.8 Å². The lowest BCUT2D eigenvalue weighted by Crippen LogP contribution is -2.49. The lowest BCUT2D eigenvalue weighted by molar-refractivity contribution is -0.144. The van der Waals surface area contributed by atoms with Crippen LogP contribution in [0.4, 0.5) is 0 Å². The predicted molar refractivity (Wildman–Crippen MR) is 82.8 cm³/mol. The summed E-state index contributed by atoms with van der Waals surface area (Å²) in [6, 6.07) is 9.28. The molecule has 0 bridgehead atoms. The van der Waals surface area contributed by atoms with Crippen LogP contribution in [0, 0.1) is 0 Å². The van der Waals surface area contributed by atoms with Crippen LogP contribution in [-0.2, 0) is 9.59 Å². The number of ether oxygens (including phenoxy) is 1. The number of carbonyl (C=O) groups is 2. The fourth-order valence-corrected chi connectivity index (χ4v) is 2.87. The number of carbonyl (C=O) groups excluding carboxylic acids is 1. The van der Waals surface area contributed by atoms with Crippen molar-refractivity contribution < 1.29 is 19.4 Å². The molecule has 1 saturated heterocycles. The number of nitrogens with zero attached hydrogens (tertiary/aromatic N) is 1. The number of likely N-dealkylation sites (tertiary alicyclic amines) is 1. The first kappa shape index (κ1) is 16.3. The fraction of sp³-hybridized carbons (Fsp3) is 0.529. The Morgan fingerprint density at radius 3 is 2.73 bits per heavy atom. The van der Waals surface area contributed by atoms with Gasteiger partial charge in [0.05, 0.1) is 0 Å². The third-order valence-electron chi connectivity index (χ3n) is 4.01. The molecule has 1 aromatic carbocycles. The summed E-state index contributed by atoms with van der Waals surface area (Å²) in [7, 11) is 0. The molecule has 0 aliphatic carbocycles. The minimum Gasteiger partial charge on any atom is -0.481 e. The molecule has 1 fully saturated rings. The van der Waals surface area contributed by atoms with Gasteiger partial charge in [0.15, 0.2) is 6.10 Å². The molecule has 1 aromatic rings. The third kappa shape index (κ3) is 4.48. The molecule has 2 atom stereocenters. The first-order valence-electron chi connectivity index (χ1n) is 7.82. The molecule has 1 heterocycles. The highest BCUT2D eigenvalue weighted by Gasteiger charge is 2.30. The van der Waals surface area contributed by atoms with Crippen LogP contribution in [-0.4, -0.2) is 40.6 Å². The number of hydrogen-bond donors (Lipinski definition) is 1. The van der Waals surface area contributed by atoms with Crippen molar-refractivity contribution in [1.29, 1.82) is 0 Å². The fourth-order valence-electron chi connectivity index (χ4n) is 2.87. The molecule has 1 aliphatic heterocycles. The Morgan fingerprint density at radius 2 is 2.05 bits per heavy atom. The van der Waals surface area contributed by atoms with Crippen molar-refractivity contribution in [3.63, 3.8) is 0 Å². The second-order valence-corrected chi connectivity index (χ2v) is 5.69. The van der Waals surface area contributed by atoms with Crippen LogP contribution >= 0.6 is 0 Å². The Balaban J connectivity index is 1.97. The molecule has 120 valence electrons. The van der Waals surface area contributed by atoms with Gasteiger partial charge in [0.2, 0.25) is 0 Å². The molecule has 1 N–H and O–H groups in total. The molecular weight excluding hydrogens is 282 g/mol. The van der Waals surface area contributed by atoms with E-state index < -0.39 is 12.1 Å². The molecular formula is C17H23NO4. The van der Waals surface area contributed by atoms with Gasteiger partial charge in [-0.05, 0) is 44.7 Å². The summed E-state index contributed by atoms with van der Waals surface area (Å²) in [5, 5.41) is 8.84. The lowest BCUT2D eigenvalue weighted by Gasteiger charge is -2.37. The Hall–Kier alpha value is -2.04. The first-order valence-corrected chi connectivity index (χ1v) is 7.82. The van der Waals surface area contributed by atoms with E-state index in [1.807, 2.05) is 30.3 Å². The van der Waals surface area contributed by atoms with E-state index in [9.17, 15) is 9.59 Å². The van der Waals surface area contributed by atoms with Gasteiger partial charge in [-0.25, -0.2) is 0 Å². The number of piperidine rings is 1. The summed E-state index contributed by atoms with van der Waals surface area (Å²) < 4.78 is 5.70. The number of carboxylic acid groups (broad SMARTS) is 1. The molecule has 22 heavy (non-hydrogen) atoms. The van der Waals surface area contributed by atoms with Crippen LogP contribution in [0.2, 0.25) is 0 Å². The Bertz CT molecular complexity index is 503. The van der Waals surface area contributed by atoms with Crippen molar-refractivity contribution in [2.45, 2.75) is 51.2 Å². The van der Waals surface area contributed by atoms with E-state index in [1.165, 1.54) is 0 Å². The highest BCUT2D eigenvalue weighted by atomic mass is 16.5. The summed E-state index contributed by atoms with van der Waals surface area (Å²) in [5.41, 5.74) is 0. The SMILES string of the molecule is CC(Oc1ccccc1)C(=O)N1CCCCC1CCC(=O)O. The van der Waals surface area contributed by atoms with Gasteiger partial charge in [0.1, 0.15) is 5.75 Å². The zero-order chi connectivity index (χ0) is 15.9. The average Bonchev–Trinajstić information content (AvgIpc) is 2.53. The molecule has 5 heteroatoms. The van der Waals surface area contributed by atoms with Crippen LogP contribution < -0.4 is 4.74 Å². The summed E-state index contributed by atoms with van der Waals surface area (Å²) >= 11 is 0. The number of rotatable bonds is 6. The van der Waals surface area contributed by atoms with E-state index in [0.717, 1.165) is 19.3 Å². The Labute approximate surface area is 130 Å². The number of para-hydroxylation sites is 1. The largest absolute Gasteiger partial charge is 0.481 e. The van der Waals surface area contributed by atoms with Crippen molar-refractivity contribution >= 4 is 11.9 Å². The van der Waals surface area contributed by atoms with Crippen LogP contribution in [0.25, 0.3) is 0 Å². The molecule has 0 radical (unpaired) electrons. The van der Waals surface area contributed by atoms with Crippen molar-refractivity contribution in [2.24, 2.45) is 0 Å². The van der Waals surface area contributed by atoms with Crippen molar-refractivity contribution in [3.05, 3.63) is 30.3 Å². The van der Waals surface area contributed by atoms with E-state index in [4.69, 9.17) is 9.84 Å². The molecule has 0 spiro atoms. The second-order valence-electron chi connectivity index (χ2n) is 5.69. The maximum absolute atomic E-state index is 12.6. The minimum absolute atomic E-state index is 0.0131. The molecule has 1 aliphatic rings. The van der Waals surface area contributed by atoms with E-state index in [0.29, 0.717) is 18.7 Å². The first-order chi connectivity index (χ1) is 10.6. The summed E-state index contributed by atoms with van der Waals surface area (Å²) in [6.45, 7) is 2.43. The van der Waals surface area contributed by atoms with E-state index >= 15 is 0 Å². The number of hydrogen-bond acceptors (Lipinski definition) is 3. The van der Waals surface area contributed by atoms with Gasteiger partial charge in [-0.1, -0.05) is 18.2 Å². The van der Waals surface area contributed by atoms with Crippen LogP contribution in [0.15, 0.2) is 30.3 Å². The number of amides is 1. The highest BCUT2D eigenvalue weighted by Crippen LogP contribution is 2.23. The number of benzene rings is 1. The number of aliphatic carboxylic acids is 1. The van der Waals surface area contributed by atoms with Crippen LogP contribution in [0.3, 0.4) is 0 Å². The van der Waals surface area contributed by atoms with Crippen molar-refractivity contribution in [1.82, 2.24) is 4.90 Å². The van der Waals surface area contributed by atoms with Gasteiger partial charge in [-0.3, -0.25) is 9.59 Å². The quantitative estimate of drug-likeness (QED) is 0.877. The van der Waals surface area contributed by atoms with Gasteiger partial charge in [-0.2, -0.15) is 0 Å². The standard InChI is InChI=1S/C17H23NO4/c1-13(22-15-8-3-2-4-9-15)17(21)18-12-6-5-7-14(18)10-11-16(19)20/h2-4,8-9,13-14H,5-7,10-12H2,1H3,(H,19,20). The predicted octanol–water partition coefficient (Wildman–Crippen LogP) is 2.70. The topological polar surface area (TPSA) is 66.8 Å². The maximum Gasteiger partial charge on any atom is 0.303 e. The van der Waals surface area contributed by atoms with Crippen molar-refractivity contribution in [3.8, 4) is 5.75 Å². The zero-order valence-electron chi connectivity index (χ0n) is 12.9. The summed E-state index contributed by atoms with van der Waals surface area (Å²) in [5.74, 6) is -0.201. The molecule has 2 rings (SSSR count). The molecule has 0 saturated carbocycles. The highest BCUT2D eigenvalue weighted by molar-refractivity contribution is 5.81. The Morgan fingerprint density at radius 1 is 1.32 bits per heavy atom. The van der Waals surface area contributed by atoms with Gasteiger partial charge in [0.25, 0.3) is 5.91 Å². The maximum atomic E-state index is 12.6. The second kappa shape index (κ2) is 7.82. The number of carboxylic acids is 1. The molecule has 0 aromatic heterocycles.